The maximum atomic E-state index is 10.3. The lowest BCUT2D eigenvalue weighted by Gasteiger charge is -2.15. The molecule has 5 heteroatoms. The number of aromatic hydroxyl groups is 2. The third-order valence-corrected chi connectivity index (χ3v) is 7.16. The number of benzene rings is 2. The maximum Gasteiger partial charge on any atom is 0.303 e. The molecule has 0 saturated carbocycles. The fourth-order valence-electron chi connectivity index (χ4n) is 4.85. The first-order valence-corrected chi connectivity index (χ1v) is 15.7. The van der Waals surface area contributed by atoms with Crippen LogP contribution in [0, 0.1) is 0 Å². The van der Waals surface area contributed by atoms with Crippen LogP contribution in [0.2, 0.25) is 0 Å². The van der Waals surface area contributed by atoms with Gasteiger partial charge in [0.1, 0.15) is 11.5 Å². The zero-order valence-electron chi connectivity index (χ0n) is 25.5. The van der Waals surface area contributed by atoms with Gasteiger partial charge in [0.25, 0.3) is 0 Å². The second-order valence-electron chi connectivity index (χ2n) is 10.6. The summed E-state index contributed by atoms with van der Waals surface area (Å²) in [7, 11) is 0. The van der Waals surface area contributed by atoms with Crippen LogP contribution in [-0.2, 0) is 4.79 Å². The molecule has 0 unspecified atom stereocenters. The Bertz CT molecular complexity index is 990. The van der Waals surface area contributed by atoms with Gasteiger partial charge in [-0.2, -0.15) is 0 Å². The van der Waals surface area contributed by atoms with Gasteiger partial charge < -0.3 is 20.4 Å². The molecular weight excluding hydrogens is 512 g/mol. The Morgan fingerprint density at radius 3 is 1.49 bits per heavy atom. The van der Waals surface area contributed by atoms with E-state index in [4.69, 9.17) is 5.11 Å². The number of aliphatic carboxylic acids is 1. The zero-order valence-corrected chi connectivity index (χ0v) is 25.5. The smallest absolute Gasteiger partial charge is 0.303 e. The van der Waals surface area contributed by atoms with Gasteiger partial charge in [0.15, 0.2) is 0 Å². The van der Waals surface area contributed by atoms with Crippen molar-refractivity contribution in [2.75, 3.05) is 6.61 Å². The average Bonchev–Trinajstić information content (AvgIpc) is 2.96. The molecule has 0 fully saturated rings. The minimum Gasteiger partial charge on any atom is -0.508 e. The first kappa shape index (κ1) is 36.0. The van der Waals surface area contributed by atoms with Crippen molar-refractivity contribution in [1.29, 1.82) is 0 Å². The Kier molecular flexibility index (Phi) is 20.7. The molecule has 0 saturated heterocycles. The Balaban J connectivity index is 0.000000411. The third-order valence-electron chi connectivity index (χ3n) is 7.16. The lowest BCUT2D eigenvalue weighted by molar-refractivity contribution is -0.137. The number of phenols is 2. The molecule has 2 aromatic carbocycles. The van der Waals surface area contributed by atoms with Gasteiger partial charge in [0.05, 0.1) is 0 Å². The number of carbonyl (C=O) groups is 1. The summed E-state index contributed by atoms with van der Waals surface area (Å²) in [6.45, 7) is 4.40. The van der Waals surface area contributed by atoms with Crippen LogP contribution in [0.4, 0.5) is 0 Å². The maximum absolute atomic E-state index is 10.3. The summed E-state index contributed by atoms with van der Waals surface area (Å²) in [6.07, 6.45) is 22.6. The summed E-state index contributed by atoms with van der Waals surface area (Å²) in [5.41, 5.74) is 4.22. The quantitative estimate of drug-likeness (QED) is 0.0726. The molecule has 2 rings (SSSR count). The summed E-state index contributed by atoms with van der Waals surface area (Å²) in [4.78, 5) is 10.3. The minimum atomic E-state index is -0.664. The predicted molar refractivity (Wildman–Crippen MR) is 172 cm³/mol. The number of aliphatic hydroxyl groups is 1. The van der Waals surface area contributed by atoms with E-state index in [0.717, 1.165) is 41.5 Å². The van der Waals surface area contributed by atoms with Gasteiger partial charge in [-0.05, 0) is 91.5 Å². The Hall–Kier alpha value is -3.05. The van der Waals surface area contributed by atoms with Crippen LogP contribution >= 0.6 is 0 Å². The molecule has 0 aliphatic heterocycles. The van der Waals surface area contributed by atoms with Crippen molar-refractivity contribution < 1.29 is 25.2 Å². The molecule has 0 aromatic heterocycles. The lowest BCUT2D eigenvalue weighted by Crippen LogP contribution is -1.95. The second kappa shape index (κ2) is 23.6. The summed E-state index contributed by atoms with van der Waals surface area (Å²) in [6, 6.07) is 14.1. The zero-order chi connectivity index (χ0) is 30.1. The summed E-state index contributed by atoms with van der Waals surface area (Å²) >= 11 is 0. The van der Waals surface area contributed by atoms with E-state index < -0.39 is 5.97 Å². The summed E-state index contributed by atoms with van der Waals surface area (Å²) < 4.78 is 0. The van der Waals surface area contributed by atoms with E-state index in [1.165, 1.54) is 70.6 Å². The van der Waals surface area contributed by atoms with Crippen molar-refractivity contribution in [3.05, 3.63) is 71.8 Å². The number of carboxylic acids is 1. The van der Waals surface area contributed by atoms with Crippen molar-refractivity contribution >= 4 is 17.1 Å². The van der Waals surface area contributed by atoms with Crippen LogP contribution in [0.3, 0.4) is 0 Å². The molecule has 0 radical (unpaired) electrons. The van der Waals surface area contributed by atoms with Crippen molar-refractivity contribution in [2.24, 2.45) is 0 Å². The van der Waals surface area contributed by atoms with E-state index in [0.29, 0.717) is 12.8 Å². The van der Waals surface area contributed by atoms with Crippen molar-refractivity contribution in [1.82, 2.24) is 0 Å². The highest BCUT2D eigenvalue weighted by molar-refractivity contribution is 5.91. The van der Waals surface area contributed by atoms with Crippen molar-refractivity contribution in [3.63, 3.8) is 0 Å². The van der Waals surface area contributed by atoms with Gasteiger partial charge in [0, 0.05) is 13.0 Å². The highest BCUT2D eigenvalue weighted by Gasteiger charge is 2.10. The molecule has 0 spiro atoms. The topological polar surface area (TPSA) is 98.0 Å². The number of hydrogen-bond acceptors (Lipinski definition) is 4. The molecule has 0 bridgehead atoms. The van der Waals surface area contributed by atoms with Gasteiger partial charge in [-0.25, -0.2) is 0 Å². The van der Waals surface area contributed by atoms with Gasteiger partial charge in [-0.15, -0.1) is 0 Å². The minimum absolute atomic E-state index is 0.0673. The average molecular weight is 567 g/mol. The Labute approximate surface area is 248 Å². The number of unbranched alkanes of at least 4 members (excludes halogenated alkanes) is 11. The molecule has 5 nitrogen and oxygen atoms in total. The summed E-state index contributed by atoms with van der Waals surface area (Å²) in [5.74, 6) is -0.199. The molecule has 228 valence electrons. The van der Waals surface area contributed by atoms with Crippen LogP contribution in [0.5, 0.6) is 11.5 Å². The normalized spacial score (nSPS) is 11.7. The first-order valence-electron chi connectivity index (χ1n) is 15.7. The molecule has 0 atom stereocenters. The van der Waals surface area contributed by atoms with Crippen LogP contribution in [0.25, 0.3) is 11.1 Å². The molecule has 4 N–H and O–H groups in total. The van der Waals surface area contributed by atoms with Crippen LogP contribution < -0.4 is 0 Å². The monoisotopic (exact) mass is 566 g/mol. The van der Waals surface area contributed by atoms with E-state index >= 15 is 0 Å². The van der Waals surface area contributed by atoms with E-state index in [2.05, 4.69) is 26.0 Å². The Morgan fingerprint density at radius 1 is 0.610 bits per heavy atom. The second-order valence-corrected chi connectivity index (χ2v) is 10.6. The van der Waals surface area contributed by atoms with Crippen LogP contribution in [0.1, 0.15) is 128 Å². The molecule has 0 amide bonds. The molecule has 0 aliphatic carbocycles. The molecule has 0 aliphatic rings. The number of phenolic OH excluding ortho intramolecular Hbond substituents is 2. The molecule has 41 heavy (non-hydrogen) atoms. The van der Waals surface area contributed by atoms with Crippen LogP contribution in [0.15, 0.2) is 60.7 Å². The van der Waals surface area contributed by atoms with Gasteiger partial charge in [-0.1, -0.05) is 102 Å². The van der Waals surface area contributed by atoms with Gasteiger partial charge in [0.2, 0.25) is 0 Å². The van der Waals surface area contributed by atoms with Gasteiger partial charge >= 0.3 is 5.97 Å². The van der Waals surface area contributed by atoms with E-state index in [1.807, 2.05) is 24.3 Å². The number of aliphatic hydroxyl groups excluding tert-OH is 1. The predicted octanol–water partition coefficient (Wildman–Crippen LogP) is 9.91. The third kappa shape index (κ3) is 17.4. The first-order chi connectivity index (χ1) is 19.9. The fraction of sp³-hybridized carbons (Fsp3) is 0.528. The molecule has 2 aromatic rings. The largest absolute Gasteiger partial charge is 0.508 e. The SMILES string of the molecule is CCC(=C(CCO)c1ccc(O)cc1)c1ccc(O)cc1.CCCCCCCCC=CCCCCCCCC(=O)O. The fourth-order valence-corrected chi connectivity index (χ4v) is 4.85. The number of hydrogen-bond donors (Lipinski definition) is 4. The molecular formula is C36H54O5. The lowest BCUT2D eigenvalue weighted by atomic mass is 9.91. The highest BCUT2D eigenvalue weighted by atomic mass is 16.4. The standard InChI is InChI=1S/C18H20O3.C18H34O2/c1-2-17(13-3-7-15(20)8-4-13)18(11-12-19)14-5-9-16(21)10-6-14;1-2-3-4-5-6-7-8-9-10-11-12-13-14-15-16-17-18(19)20/h3-10,19-21H,2,11-12H2,1H3;9-10H,2-8,11-17H2,1H3,(H,19,20). The van der Waals surface area contributed by atoms with Crippen LogP contribution in [-0.4, -0.2) is 33.0 Å². The molecule has 0 heterocycles. The number of allylic oxidation sites excluding steroid dienone is 3. The number of carboxylic acid groups (broad SMARTS) is 1. The van der Waals surface area contributed by atoms with E-state index in [9.17, 15) is 20.1 Å². The van der Waals surface area contributed by atoms with Crippen molar-refractivity contribution in [3.8, 4) is 11.5 Å². The Morgan fingerprint density at radius 2 is 1.05 bits per heavy atom. The van der Waals surface area contributed by atoms with E-state index in [-0.39, 0.29) is 18.1 Å². The highest BCUT2D eigenvalue weighted by Crippen LogP contribution is 2.32. The summed E-state index contributed by atoms with van der Waals surface area (Å²) in [5, 5.41) is 36.7. The van der Waals surface area contributed by atoms with Crippen molar-refractivity contribution in [2.45, 2.75) is 117 Å². The number of rotatable bonds is 20. The van der Waals surface area contributed by atoms with Gasteiger partial charge in [-0.3, -0.25) is 4.79 Å². The van der Waals surface area contributed by atoms with E-state index in [1.54, 1.807) is 24.3 Å².